The van der Waals surface area contributed by atoms with Gasteiger partial charge in [-0.25, -0.2) is 8.42 Å². The summed E-state index contributed by atoms with van der Waals surface area (Å²) < 4.78 is 28.3. The van der Waals surface area contributed by atoms with Crippen molar-refractivity contribution >= 4 is 21.4 Å². The average Bonchev–Trinajstić information content (AvgIpc) is 2.86. The summed E-state index contributed by atoms with van der Waals surface area (Å²) >= 11 is 0. The first-order valence-corrected chi connectivity index (χ1v) is 9.03. The van der Waals surface area contributed by atoms with Crippen LogP contribution in [0.15, 0.2) is 24.3 Å². The quantitative estimate of drug-likeness (QED) is 0.878. The summed E-state index contributed by atoms with van der Waals surface area (Å²) in [6.07, 6.45) is 0.506. The summed E-state index contributed by atoms with van der Waals surface area (Å²) in [4.78, 5) is 14.0. The molecule has 0 saturated carbocycles. The number of likely N-dealkylation sites (N-methyl/N-ethyl adjacent to an activating group) is 1. The van der Waals surface area contributed by atoms with Crippen LogP contribution in [-0.2, 0) is 14.6 Å². The highest BCUT2D eigenvalue weighted by Crippen LogP contribution is 2.24. The molecule has 7 heteroatoms. The van der Waals surface area contributed by atoms with Crippen LogP contribution in [0.2, 0.25) is 0 Å². The minimum atomic E-state index is -3.00. The van der Waals surface area contributed by atoms with Gasteiger partial charge in [0.25, 0.3) is 0 Å². The molecular formula is C15H22N2O4S. The number of amides is 1. The topological polar surface area (TPSA) is 75.7 Å². The van der Waals surface area contributed by atoms with Gasteiger partial charge in [-0.1, -0.05) is 12.1 Å². The monoisotopic (exact) mass is 326 g/mol. The Bertz CT molecular complexity index is 645. The number of benzene rings is 1. The minimum absolute atomic E-state index is 0.0522. The van der Waals surface area contributed by atoms with E-state index in [0.29, 0.717) is 12.2 Å². The standard InChI is InChI=1S/C15H22N2O4S/c1-11(16-13-6-4-5-7-14(13)21-3)15(18)17(2)12-8-9-22(19,20)10-12/h4-7,11-12,16H,8-10H2,1-3H3/t11-,12+/m1/s1. The zero-order valence-electron chi connectivity index (χ0n) is 13.1. The third-order valence-electron chi connectivity index (χ3n) is 3.95. The molecule has 1 heterocycles. The molecule has 0 radical (unpaired) electrons. The number of carbonyl (C=O) groups excluding carboxylic acids is 1. The van der Waals surface area contributed by atoms with Crippen molar-refractivity contribution in [3.63, 3.8) is 0 Å². The molecule has 1 amide bonds. The van der Waals surface area contributed by atoms with Gasteiger partial charge in [-0.05, 0) is 25.5 Å². The van der Waals surface area contributed by atoms with E-state index in [-0.39, 0.29) is 23.5 Å². The van der Waals surface area contributed by atoms with Gasteiger partial charge in [0, 0.05) is 13.1 Å². The number of anilines is 1. The van der Waals surface area contributed by atoms with Gasteiger partial charge in [0.2, 0.25) is 5.91 Å². The molecule has 2 rings (SSSR count). The van der Waals surface area contributed by atoms with E-state index in [9.17, 15) is 13.2 Å². The van der Waals surface area contributed by atoms with Crippen molar-refractivity contribution in [1.82, 2.24) is 4.90 Å². The molecule has 1 N–H and O–H groups in total. The first kappa shape index (κ1) is 16.6. The molecule has 0 bridgehead atoms. The summed E-state index contributed by atoms with van der Waals surface area (Å²) in [6.45, 7) is 1.76. The van der Waals surface area contributed by atoms with Crippen molar-refractivity contribution in [2.75, 3.05) is 31.0 Å². The van der Waals surface area contributed by atoms with Crippen LogP contribution >= 0.6 is 0 Å². The molecule has 1 aliphatic heterocycles. The molecule has 0 spiro atoms. The van der Waals surface area contributed by atoms with Crippen LogP contribution in [0.4, 0.5) is 5.69 Å². The van der Waals surface area contributed by atoms with E-state index in [1.165, 1.54) is 4.90 Å². The number of hydrogen-bond donors (Lipinski definition) is 1. The first-order valence-electron chi connectivity index (χ1n) is 7.20. The third-order valence-corrected chi connectivity index (χ3v) is 5.70. The highest BCUT2D eigenvalue weighted by molar-refractivity contribution is 7.91. The molecular weight excluding hydrogens is 304 g/mol. The van der Waals surface area contributed by atoms with Crippen molar-refractivity contribution in [3.8, 4) is 5.75 Å². The van der Waals surface area contributed by atoms with Gasteiger partial charge >= 0.3 is 0 Å². The highest BCUT2D eigenvalue weighted by atomic mass is 32.2. The Balaban J connectivity index is 2.03. The fraction of sp³-hybridized carbons (Fsp3) is 0.533. The number of hydrogen-bond acceptors (Lipinski definition) is 5. The summed E-state index contributed by atoms with van der Waals surface area (Å²) in [5, 5.41) is 3.12. The number of para-hydroxylation sites is 2. The summed E-state index contributed by atoms with van der Waals surface area (Å²) in [5.41, 5.74) is 0.735. The molecule has 1 fully saturated rings. The molecule has 1 aromatic rings. The lowest BCUT2D eigenvalue weighted by molar-refractivity contribution is -0.132. The maximum absolute atomic E-state index is 12.5. The fourth-order valence-electron chi connectivity index (χ4n) is 2.63. The van der Waals surface area contributed by atoms with Crippen molar-refractivity contribution < 1.29 is 17.9 Å². The maximum atomic E-state index is 12.5. The van der Waals surface area contributed by atoms with Crippen molar-refractivity contribution in [1.29, 1.82) is 0 Å². The third kappa shape index (κ3) is 3.71. The van der Waals surface area contributed by atoms with E-state index < -0.39 is 15.9 Å². The van der Waals surface area contributed by atoms with E-state index in [1.54, 1.807) is 21.1 Å². The summed E-state index contributed by atoms with van der Waals surface area (Å²) in [7, 11) is 0.229. The maximum Gasteiger partial charge on any atom is 0.244 e. The van der Waals surface area contributed by atoms with E-state index in [4.69, 9.17) is 4.74 Å². The smallest absolute Gasteiger partial charge is 0.244 e. The van der Waals surface area contributed by atoms with Crippen LogP contribution < -0.4 is 10.1 Å². The Hall–Kier alpha value is -1.76. The number of ether oxygens (including phenoxy) is 1. The second kappa shape index (κ2) is 6.56. The Morgan fingerprint density at radius 3 is 2.68 bits per heavy atom. The van der Waals surface area contributed by atoms with Crippen LogP contribution in [0.25, 0.3) is 0 Å². The second-order valence-corrected chi connectivity index (χ2v) is 7.80. The second-order valence-electron chi connectivity index (χ2n) is 5.57. The molecule has 122 valence electrons. The van der Waals surface area contributed by atoms with E-state index in [2.05, 4.69) is 5.32 Å². The normalized spacial score (nSPS) is 21.1. The zero-order chi connectivity index (χ0) is 16.3. The zero-order valence-corrected chi connectivity index (χ0v) is 13.9. The molecule has 22 heavy (non-hydrogen) atoms. The Kier molecular flexibility index (Phi) is 4.95. The summed E-state index contributed by atoms with van der Waals surface area (Å²) in [5.74, 6) is 0.737. The lowest BCUT2D eigenvalue weighted by atomic mass is 10.2. The van der Waals surface area contributed by atoms with Crippen LogP contribution in [0, 0.1) is 0 Å². The van der Waals surface area contributed by atoms with Crippen molar-refractivity contribution in [2.45, 2.75) is 25.4 Å². The number of rotatable bonds is 5. The molecule has 2 atom stereocenters. The lowest BCUT2D eigenvalue weighted by Crippen LogP contribution is -2.45. The molecule has 0 aromatic heterocycles. The minimum Gasteiger partial charge on any atom is -0.495 e. The predicted molar refractivity (Wildman–Crippen MR) is 85.9 cm³/mol. The number of nitrogens with zero attached hydrogens (tertiary/aromatic N) is 1. The van der Waals surface area contributed by atoms with Crippen LogP contribution in [0.1, 0.15) is 13.3 Å². The van der Waals surface area contributed by atoms with Gasteiger partial charge in [0.05, 0.1) is 24.3 Å². The van der Waals surface area contributed by atoms with Gasteiger partial charge in [-0.15, -0.1) is 0 Å². The van der Waals surface area contributed by atoms with E-state index in [0.717, 1.165) is 5.69 Å². The van der Waals surface area contributed by atoms with Crippen molar-refractivity contribution in [2.24, 2.45) is 0 Å². The number of sulfone groups is 1. The van der Waals surface area contributed by atoms with Gasteiger partial charge in [0.1, 0.15) is 11.8 Å². The molecule has 0 aliphatic carbocycles. The summed E-state index contributed by atoms with van der Waals surface area (Å²) in [6, 6.07) is 6.65. The molecule has 1 aromatic carbocycles. The largest absolute Gasteiger partial charge is 0.495 e. The number of methoxy groups -OCH3 is 1. The average molecular weight is 326 g/mol. The number of carbonyl (C=O) groups is 1. The first-order chi connectivity index (χ1) is 10.3. The van der Waals surface area contributed by atoms with Gasteiger partial charge in [0.15, 0.2) is 9.84 Å². The van der Waals surface area contributed by atoms with Gasteiger partial charge in [-0.3, -0.25) is 4.79 Å². The molecule has 6 nitrogen and oxygen atoms in total. The van der Waals surface area contributed by atoms with Crippen LogP contribution in [0.3, 0.4) is 0 Å². The van der Waals surface area contributed by atoms with Crippen LogP contribution in [0.5, 0.6) is 5.75 Å². The SMILES string of the molecule is COc1ccccc1N[C@H](C)C(=O)N(C)[C@H]1CCS(=O)(=O)C1. The molecule has 1 aliphatic rings. The highest BCUT2D eigenvalue weighted by Gasteiger charge is 2.34. The molecule has 0 unspecified atom stereocenters. The number of nitrogens with one attached hydrogen (secondary N) is 1. The lowest BCUT2D eigenvalue weighted by Gasteiger charge is -2.27. The molecule has 1 saturated heterocycles. The Morgan fingerprint density at radius 1 is 1.41 bits per heavy atom. The van der Waals surface area contributed by atoms with Gasteiger partial charge in [-0.2, -0.15) is 0 Å². The fourth-order valence-corrected chi connectivity index (χ4v) is 4.40. The Labute approximate surface area is 131 Å². The van der Waals surface area contributed by atoms with E-state index >= 15 is 0 Å². The van der Waals surface area contributed by atoms with E-state index in [1.807, 2.05) is 24.3 Å². The van der Waals surface area contributed by atoms with Gasteiger partial charge < -0.3 is 15.0 Å². The predicted octanol–water partition coefficient (Wildman–Crippen LogP) is 1.14. The van der Waals surface area contributed by atoms with Crippen molar-refractivity contribution in [3.05, 3.63) is 24.3 Å². The Morgan fingerprint density at radius 2 is 2.09 bits per heavy atom. The van der Waals surface area contributed by atoms with Crippen LogP contribution in [-0.4, -0.2) is 57.0 Å².